The first kappa shape index (κ1) is 22.6. The minimum atomic E-state index is -2.72. The number of rotatable bonds is 5. The maximum absolute atomic E-state index is 14.7. The molecule has 4 rings (SSSR count). The Kier molecular flexibility index (Phi) is 6.72. The van der Waals surface area contributed by atoms with E-state index in [4.69, 9.17) is 0 Å². The number of carbonyl (C=O) groups excluding carboxylic acids is 1. The molecule has 2 fully saturated rings. The van der Waals surface area contributed by atoms with Crippen LogP contribution < -0.4 is 10.6 Å². The monoisotopic (exact) mass is 442 g/mol. The van der Waals surface area contributed by atoms with Crippen LogP contribution in [0.15, 0.2) is 48.5 Å². The van der Waals surface area contributed by atoms with Gasteiger partial charge < -0.3 is 10.6 Å². The number of amides is 1. The third-order valence-corrected chi connectivity index (χ3v) is 5.70. The van der Waals surface area contributed by atoms with Gasteiger partial charge >= 0.3 is 0 Å². The highest BCUT2D eigenvalue weighted by Crippen LogP contribution is 2.49. The Morgan fingerprint density at radius 1 is 1.10 bits per heavy atom. The van der Waals surface area contributed by atoms with E-state index in [9.17, 15) is 22.4 Å². The van der Waals surface area contributed by atoms with Gasteiger partial charge in [0.05, 0.1) is 12.1 Å². The third kappa shape index (κ3) is 4.78. The molecule has 0 aromatic heterocycles. The second-order valence-corrected chi connectivity index (χ2v) is 7.89. The number of halogens is 5. The maximum atomic E-state index is 14.7. The molecular weight excluding hydrogens is 420 g/mol. The van der Waals surface area contributed by atoms with Gasteiger partial charge in [-0.25, -0.2) is 17.6 Å². The standard InChI is InChI=1S/C22H22F4N2O.ClH/c23-16-9-19(27-12-16)21(29)28-20(13-4-2-1-3-5-13)14-6-7-17(18(24)8-14)15-10-22(25,26)11-15;/h1-8,15-16,19-20,27H,9-12H2,(H,28,29);1H/t16?,19?,20-;/m0./s1. The number of carbonyl (C=O) groups is 1. The van der Waals surface area contributed by atoms with Gasteiger partial charge in [-0.2, -0.15) is 0 Å². The molecule has 3 atom stereocenters. The van der Waals surface area contributed by atoms with E-state index in [-0.39, 0.29) is 49.7 Å². The number of nitrogens with one attached hydrogen (secondary N) is 2. The van der Waals surface area contributed by atoms with Gasteiger partial charge in [0.15, 0.2) is 0 Å². The number of hydrogen-bond acceptors (Lipinski definition) is 2. The quantitative estimate of drug-likeness (QED) is 0.661. The average molecular weight is 443 g/mol. The second kappa shape index (κ2) is 8.94. The van der Waals surface area contributed by atoms with Crippen molar-refractivity contribution in [3.8, 4) is 0 Å². The molecule has 2 unspecified atom stereocenters. The zero-order valence-corrected chi connectivity index (χ0v) is 16.9. The summed E-state index contributed by atoms with van der Waals surface area (Å²) in [4.78, 5) is 12.6. The first-order valence-electron chi connectivity index (χ1n) is 9.72. The summed E-state index contributed by atoms with van der Waals surface area (Å²) in [6.07, 6.45) is -1.67. The molecule has 1 saturated heterocycles. The van der Waals surface area contributed by atoms with Crippen molar-refractivity contribution in [1.82, 2.24) is 10.6 Å². The van der Waals surface area contributed by atoms with Crippen LogP contribution in [0.25, 0.3) is 0 Å². The summed E-state index contributed by atoms with van der Waals surface area (Å²) >= 11 is 0. The summed E-state index contributed by atoms with van der Waals surface area (Å²) in [6.45, 7) is 0.128. The van der Waals surface area contributed by atoms with Crippen LogP contribution in [0, 0.1) is 5.82 Å². The molecule has 0 bridgehead atoms. The predicted molar refractivity (Wildman–Crippen MR) is 108 cm³/mol. The normalized spacial score (nSPS) is 23.9. The Labute approximate surface area is 178 Å². The molecule has 30 heavy (non-hydrogen) atoms. The zero-order valence-electron chi connectivity index (χ0n) is 16.1. The van der Waals surface area contributed by atoms with E-state index in [1.807, 2.05) is 18.2 Å². The van der Waals surface area contributed by atoms with E-state index in [1.165, 1.54) is 12.1 Å². The molecule has 1 aliphatic heterocycles. The Bertz CT molecular complexity index is 888. The summed E-state index contributed by atoms with van der Waals surface area (Å²) in [5.74, 6) is -4.13. The van der Waals surface area contributed by atoms with Crippen LogP contribution >= 0.6 is 12.4 Å². The molecule has 1 heterocycles. The van der Waals surface area contributed by atoms with E-state index < -0.39 is 35.9 Å². The topological polar surface area (TPSA) is 41.1 Å². The van der Waals surface area contributed by atoms with Crippen molar-refractivity contribution in [2.75, 3.05) is 6.54 Å². The molecule has 1 amide bonds. The Hall–Kier alpha value is -2.12. The highest BCUT2D eigenvalue weighted by molar-refractivity contribution is 5.85. The van der Waals surface area contributed by atoms with Crippen molar-refractivity contribution in [1.29, 1.82) is 0 Å². The lowest BCUT2D eigenvalue weighted by Crippen LogP contribution is -2.42. The van der Waals surface area contributed by atoms with Crippen molar-refractivity contribution in [3.63, 3.8) is 0 Å². The van der Waals surface area contributed by atoms with E-state index in [0.29, 0.717) is 5.56 Å². The minimum absolute atomic E-state index is 0. The maximum Gasteiger partial charge on any atom is 0.249 e. The first-order chi connectivity index (χ1) is 13.8. The van der Waals surface area contributed by atoms with Crippen LogP contribution in [0.5, 0.6) is 0 Å². The second-order valence-electron chi connectivity index (χ2n) is 7.89. The molecule has 0 spiro atoms. The SMILES string of the molecule is Cl.O=C(N[C@@H](c1ccccc1)c1ccc(C2CC(F)(F)C2)c(F)c1)C1CC(F)CN1. The van der Waals surface area contributed by atoms with Gasteiger partial charge in [0.2, 0.25) is 11.8 Å². The van der Waals surface area contributed by atoms with Gasteiger partial charge in [0, 0.05) is 25.8 Å². The highest BCUT2D eigenvalue weighted by Gasteiger charge is 2.46. The van der Waals surface area contributed by atoms with Crippen LogP contribution in [0.4, 0.5) is 17.6 Å². The van der Waals surface area contributed by atoms with E-state index in [2.05, 4.69) is 10.6 Å². The van der Waals surface area contributed by atoms with Crippen molar-refractivity contribution in [2.24, 2.45) is 0 Å². The van der Waals surface area contributed by atoms with Gasteiger partial charge in [-0.3, -0.25) is 4.79 Å². The molecular formula is C22H23ClF4N2O. The molecule has 1 saturated carbocycles. The largest absolute Gasteiger partial charge is 0.344 e. The minimum Gasteiger partial charge on any atom is -0.344 e. The van der Waals surface area contributed by atoms with E-state index in [1.54, 1.807) is 18.2 Å². The summed E-state index contributed by atoms with van der Waals surface area (Å²) in [6, 6.07) is 12.3. The summed E-state index contributed by atoms with van der Waals surface area (Å²) in [5.41, 5.74) is 1.53. The molecule has 162 valence electrons. The zero-order chi connectivity index (χ0) is 20.6. The van der Waals surface area contributed by atoms with Crippen LogP contribution in [0.1, 0.15) is 47.9 Å². The summed E-state index contributed by atoms with van der Waals surface area (Å²) < 4.78 is 54.5. The van der Waals surface area contributed by atoms with Gasteiger partial charge in [-0.15, -0.1) is 12.4 Å². The van der Waals surface area contributed by atoms with Crippen LogP contribution in [0.3, 0.4) is 0 Å². The fourth-order valence-electron chi connectivity index (χ4n) is 4.07. The highest BCUT2D eigenvalue weighted by atomic mass is 35.5. The van der Waals surface area contributed by atoms with Crippen molar-refractivity contribution >= 4 is 18.3 Å². The Morgan fingerprint density at radius 2 is 1.80 bits per heavy atom. The fourth-order valence-corrected chi connectivity index (χ4v) is 4.07. The Balaban J connectivity index is 0.00000256. The van der Waals surface area contributed by atoms with Gasteiger partial charge in [0.25, 0.3) is 0 Å². The number of alkyl halides is 3. The lowest BCUT2D eigenvalue weighted by molar-refractivity contribution is -0.123. The predicted octanol–water partition coefficient (Wildman–Crippen LogP) is 4.67. The fraction of sp³-hybridized carbons (Fsp3) is 0.409. The number of benzene rings is 2. The molecule has 2 aromatic carbocycles. The van der Waals surface area contributed by atoms with Crippen molar-refractivity contribution < 1.29 is 22.4 Å². The van der Waals surface area contributed by atoms with E-state index >= 15 is 0 Å². The summed E-state index contributed by atoms with van der Waals surface area (Å²) in [7, 11) is 0. The third-order valence-electron chi connectivity index (χ3n) is 5.70. The Morgan fingerprint density at radius 3 is 2.37 bits per heavy atom. The average Bonchev–Trinajstić information content (AvgIpc) is 3.11. The lowest BCUT2D eigenvalue weighted by atomic mass is 9.76. The van der Waals surface area contributed by atoms with Crippen LogP contribution in [-0.2, 0) is 4.79 Å². The first-order valence-corrected chi connectivity index (χ1v) is 9.72. The molecule has 2 aromatic rings. The number of hydrogen-bond donors (Lipinski definition) is 2. The van der Waals surface area contributed by atoms with Crippen LogP contribution in [0.2, 0.25) is 0 Å². The molecule has 2 N–H and O–H groups in total. The van der Waals surface area contributed by atoms with Gasteiger partial charge in [0.1, 0.15) is 12.0 Å². The molecule has 0 radical (unpaired) electrons. The van der Waals surface area contributed by atoms with E-state index in [0.717, 1.165) is 5.56 Å². The lowest BCUT2D eigenvalue weighted by Gasteiger charge is -2.35. The molecule has 3 nitrogen and oxygen atoms in total. The summed E-state index contributed by atoms with van der Waals surface area (Å²) in [5, 5.41) is 5.71. The van der Waals surface area contributed by atoms with Crippen molar-refractivity contribution in [2.45, 2.75) is 49.4 Å². The van der Waals surface area contributed by atoms with Crippen molar-refractivity contribution in [3.05, 3.63) is 71.0 Å². The molecule has 8 heteroatoms. The van der Waals surface area contributed by atoms with Crippen LogP contribution in [-0.4, -0.2) is 30.6 Å². The smallest absolute Gasteiger partial charge is 0.249 e. The van der Waals surface area contributed by atoms with Gasteiger partial charge in [-0.1, -0.05) is 42.5 Å². The van der Waals surface area contributed by atoms with Gasteiger partial charge in [-0.05, 0) is 28.7 Å². The molecule has 2 aliphatic rings. The molecule has 1 aliphatic carbocycles.